The van der Waals surface area contributed by atoms with Crippen LogP contribution in [0, 0.1) is 34.9 Å². The van der Waals surface area contributed by atoms with Crippen LogP contribution in [-0.2, 0) is 4.79 Å². The van der Waals surface area contributed by atoms with E-state index < -0.39 is 6.10 Å². The molecule has 2 heterocycles. The molecule has 37 heavy (non-hydrogen) atoms. The first kappa shape index (κ1) is 23.8. The molecule has 0 saturated heterocycles. The fourth-order valence-corrected chi connectivity index (χ4v) is 9.29. The van der Waals surface area contributed by atoms with E-state index in [1.807, 2.05) is 10.6 Å². The standard InChI is InChI=1S/C30H39FN4O2/c31-23-8-4-7-22-25-16-32-17-35(25)24(28(22)23)12-26(36)30-13-19-9-20(14-30)29(21(10-19)15-30)34-33-27(37)11-18-5-2-1-3-6-18/h4,7-8,16-21,24,26,29,34,36H,1-3,5-6,9-15H2,(H,33,37)/t19?,20-,21?,24?,26?,29?,30?/m1/s1. The molecule has 4 bridgehead atoms. The van der Waals surface area contributed by atoms with E-state index >= 15 is 0 Å². The Morgan fingerprint density at radius 3 is 2.73 bits per heavy atom. The molecule has 198 valence electrons. The number of hydrazine groups is 1. The van der Waals surface area contributed by atoms with E-state index in [4.69, 9.17) is 0 Å². The van der Waals surface area contributed by atoms with Gasteiger partial charge in [0.05, 0.1) is 30.4 Å². The summed E-state index contributed by atoms with van der Waals surface area (Å²) in [6, 6.07) is 5.32. The normalized spacial score (nSPS) is 34.8. The number of imidazole rings is 1. The minimum absolute atomic E-state index is 0.116. The summed E-state index contributed by atoms with van der Waals surface area (Å²) in [5, 5.41) is 11.8. The predicted molar refractivity (Wildman–Crippen MR) is 139 cm³/mol. The minimum atomic E-state index is -0.492. The van der Waals surface area contributed by atoms with Gasteiger partial charge in [0.15, 0.2) is 0 Å². The summed E-state index contributed by atoms with van der Waals surface area (Å²) in [6.07, 6.45) is 15.8. The van der Waals surface area contributed by atoms with E-state index in [0.29, 0.717) is 42.1 Å². The van der Waals surface area contributed by atoms with Gasteiger partial charge in [0.2, 0.25) is 5.91 Å². The molecule has 8 rings (SSSR count). The Hall–Kier alpha value is -2.25. The third-order valence-corrected chi connectivity index (χ3v) is 10.7. The first-order valence-electron chi connectivity index (χ1n) is 14.5. The Kier molecular flexibility index (Phi) is 5.92. The van der Waals surface area contributed by atoms with E-state index in [1.165, 1.54) is 51.0 Å². The first-order chi connectivity index (χ1) is 18.0. The van der Waals surface area contributed by atoms with Gasteiger partial charge in [0.1, 0.15) is 5.82 Å². The second-order valence-corrected chi connectivity index (χ2v) is 12.9. The molecule has 0 spiro atoms. The number of nitrogens with zero attached hydrogens (tertiary/aromatic N) is 2. The maximum absolute atomic E-state index is 15.0. The van der Waals surface area contributed by atoms with Gasteiger partial charge in [-0.3, -0.25) is 10.2 Å². The molecule has 6 aliphatic rings. The summed E-state index contributed by atoms with van der Waals surface area (Å²) >= 11 is 0. The van der Waals surface area contributed by atoms with E-state index in [9.17, 15) is 14.3 Å². The molecule has 7 atom stereocenters. The van der Waals surface area contributed by atoms with Crippen molar-refractivity contribution in [1.29, 1.82) is 0 Å². The quantitative estimate of drug-likeness (QED) is 0.455. The highest BCUT2D eigenvalue weighted by atomic mass is 19.1. The van der Waals surface area contributed by atoms with Crippen molar-refractivity contribution in [3.05, 3.63) is 42.1 Å². The van der Waals surface area contributed by atoms with E-state index in [1.54, 1.807) is 18.6 Å². The zero-order valence-corrected chi connectivity index (χ0v) is 21.5. The predicted octanol–water partition coefficient (Wildman–Crippen LogP) is 5.13. The number of carbonyl (C=O) groups is 1. The Bertz CT molecular complexity index is 1160. The molecule has 6 nitrogen and oxygen atoms in total. The van der Waals surface area contributed by atoms with Crippen LogP contribution in [0.2, 0.25) is 0 Å². The highest BCUT2D eigenvalue weighted by Crippen LogP contribution is 2.62. The van der Waals surface area contributed by atoms with Crippen LogP contribution in [0.4, 0.5) is 4.39 Å². The number of aliphatic hydroxyl groups is 1. The van der Waals surface area contributed by atoms with Crippen molar-refractivity contribution in [2.24, 2.45) is 29.1 Å². The van der Waals surface area contributed by atoms with Crippen molar-refractivity contribution in [2.45, 2.75) is 95.2 Å². The molecule has 5 aliphatic carbocycles. The van der Waals surface area contributed by atoms with Crippen LogP contribution in [0.5, 0.6) is 0 Å². The molecular formula is C30H39FN4O2. The molecule has 7 heteroatoms. The molecule has 1 aliphatic heterocycles. The fourth-order valence-electron chi connectivity index (χ4n) is 9.29. The lowest BCUT2D eigenvalue weighted by atomic mass is 9.46. The monoisotopic (exact) mass is 506 g/mol. The topological polar surface area (TPSA) is 79.2 Å². The third-order valence-electron chi connectivity index (χ3n) is 10.7. The van der Waals surface area contributed by atoms with Gasteiger partial charge >= 0.3 is 0 Å². The number of hydrogen-bond acceptors (Lipinski definition) is 4. The van der Waals surface area contributed by atoms with E-state index in [2.05, 4.69) is 15.8 Å². The van der Waals surface area contributed by atoms with Crippen molar-refractivity contribution in [1.82, 2.24) is 20.4 Å². The molecule has 6 unspecified atom stereocenters. The summed E-state index contributed by atoms with van der Waals surface area (Å²) in [7, 11) is 0. The number of aromatic nitrogens is 2. The van der Waals surface area contributed by atoms with Gasteiger partial charge in [-0.05, 0) is 86.5 Å². The summed E-state index contributed by atoms with van der Waals surface area (Å²) in [4.78, 5) is 17.0. The van der Waals surface area contributed by atoms with Crippen LogP contribution >= 0.6 is 0 Å². The van der Waals surface area contributed by atoms with Crippen LogP contribution in [0.3, 0.4) is 0 Å². The Labute approximate surface area is 218 Å². The summed E-state index contributed by atoms with van der Waals surface area (Å²) in [5.74, 6) is 2.04. The summed E-state index contributed by atoms with van der Waals surface area (Å²) < 4.78 is 17.0. The SMILES string of the molecule is O=C(CC1CCCCC1)NNC1C2CC3C[C@@H]1CC(C(O)CC1c4c(F)cccc4-c4cncn41)(C3)C2. The summed E-state index contributed by atoms with van der Waals surface area (Å²) in [5.41, 5.74) is 8.97. The third kappa shape index (κ3) is 4.04. The molecule has 2 aromatic rings. The number of hydrogen-bond donors (Lipinski definition) is 3. The second kappa shape index (κ2) is 9.19. The number of rotatable bonds is 7. The average Bonchev–Trinajstić information content (AvgIpc) is 3.47. The lowest BCUT2D eigenvalue weighted by Crippen LogP contribution is -2.63. The molecule has 1 aromatic heterocycles. The van der Waals surface area contributed by atoms with Gasteiger partial charge in [-0.25, -0.2) is 14.8 Å². The van der Waals surface area contributed by atoms with Crippen LogP contribution < -0.4 is 10.9 Å². The van der Waals surface area contributed by atoms with Crippen LogP contribution in [0.25, 0.3) is 11.3 Å². The fraction of sp³-hybridized carbons (Fsp3) is 0.667. The average molecular weight is 507 g/mol. The van der Waals surface area contributed by atoms with Gasteiger partial charge in [0, 0.05) is 23.6 Å². The molecule has 3 N–H and O–H groups in total. The van der Waals surface area contributed by atoms with Crippen molar-refractivity contribution in [3.63, 3.8) is 0 Å². The Morgan fingerprint density at radius 2 is 1.95 bits per heavy atom. The van der Waals surface area contributed by atoms with Gasteiger partial charge in [-0.15, -0.1) is 0 Å². The van der Waals surface area contributed by atoms with Gasteiger partial charge in [-0.1, -0.05) is 31.4 Å². The largest absolute Gasteiger partial charge is 0.392 e. The van der Waals surface area contributed by atoms with Crippen LogP contribution in [-0.4, -0.2) is 32.7 Å². The highest BCUT2D eigenvalue weighted by Gasteiger charge is 2.58. The number of halogens is 1. The van der Waals surface area contributed by atoms with Crippen LogP contribution in [0.15, 0.2) is 30.7 Å². The van der Waals surface area contributed by atoms with Crippen molar-refractivity contribution in [3.8, 4) is 11.3 Å². The van der Waals surface area contributed by atoms with Crippen LogP contribution in [0.1, 0.15) is 88.7 Å². The van der Waals surface area contributed by atoms with Crippen molar-refractivity contribution < 1.29 is 14.3 Å². The van der Waals surface area contributed by atoms with Gasteiger partial charge in [0.25, 0.3) is 0 Å². The zero-order valence-electron chi connectivity index (χ0n) is 21.5. The highest BCUT2D eigenvalue weighted by molar-refractivity contribution is 5.75. The second-order valence-electron chi connectivity index (χ2n) is 12.9. The lowest BCUT2D eigenvalue weighted by Gasteiger charge is -2.61. The van der Waals surface area contributed by atoms with E-state index in [-0.39, 0.29) is 29.2 Å². The molecule has 5 fully saturated rings. The van der Waals surface area contributed by atoms with Gasteiger partial charge in [-0.2, -0.15) is 0 Å². The Balaban J connectivity index is 1.04. The molecule has 0 radical (unpaired) electrons. The number of carbonyl (C=O) groups excluding carboxylic acids is 1. The van der Waals surface area contributed by atoms with Gasteiger partial charge < -0.3 is 9.67 Å². The smallest absolute Gasteiger partial charge is 0.234 e. The molecular weight excluding hydrogens is 467 g/mol. The molecule has 1 amide bonds. The van der Waals surface area contributed by atoms with Crippen molar-refractivity contribution in [2.75, 3.05) is 0 Å². The first-order valence-corrected chi connectivity index (χ1v) is 14.5. The number of nitrogens with one attached hydrogen (secondary N) is 2. The van der Waals surface area contributed by atoms with E-state index in [0.717, 1.165) is 30.5 Å². The maximum Gasteiger partial charge on any atom is 0.234 e. The van der Waals surface area contributed by atoms with Crippen molar-refractivity contribution >= 4 is 5.91 Å². The minimum Gasteiger partial charge on any atom is -0.392 e. The molecule has 1 aromatic carbocycles. The summed E-state index contributed by atoms with van der Waals surface area (Å²) in [6.45, 7) is 0. The number of benzene rings is 1. The number of aliphatic hydroxyl groups excluding tert-OH is 1. The maximum atomic E-state index is 15.0. The molecule has 5 saturated carbocycles. The number of fused-ring (bicyclic) bond motifs is 3. The Morgan fingerprint density at radius 1 is 1.16 bits per heavy atom. The lowest BCUT2D eigenvalue weighted by molar-refractivity contribution is -0.142. The number of amides is 1. The zero-order chi connectivity index (χ0) is 25.1.